The van der Waals surface area contributed by atoms with E-state index in [9.17, 15) is 14.7 Å². The van der Waals surface area contributed by atoms with Crippen LogP contribution in [-0.2, 0) is 32.2 Å². The molecular weight excluding hydrogens is 715 g/mol. The second kappa shape index (κ2) is 27.2. The Morgan fingerprint density at radius 3 is 1.89 bits per heavy atom. The van der Waals surface area contributed by atoms with E-state index in [1.165, 1.54) is 77.0 Å². The zero-order valence-electron chi connectivity index (χ0n) is 34.9. The fourth-order valence-corrected chi connectivity index (χ4v) is 7.63. The molecular formula is C48H71N3O6. The van der Waals surface area contributed by atoms with Crippen LogP contribution in [0.2, 0.25) is 0 Å². The first-order valence-corrected chi connectivity index (χ1v) is 22.0. The number of nitrogens with one attached hydrogen (secondary N) is 2. The van der Waals surface area contributed by atoms with E-state index < -0.39 is 12.2 Å². The van der Waals surface area contributed by atoms with Gasteiger partial charge in [0.2, 0.25) is 11.8 Å². The molecule has 1 saturated heterocycles. The number of unbranched alkanes of at least 4 members (excludes halogenated alkanes) is 12. The van der Waals surface area contributed by atoms with E-state index in [-0.39, 0.29) is 31.1 Å². The molecule has 314 valence electrons. The number of hydroxylamine groups is 1. The van der Waals surface area contributed by atoms with Gasteiger partial charge in [-0.3, -0.25) is 14.8 Å². The summed E-state index contributed by atoms with van der Waals surface area (Å²) in [5.74, 6) is -0.416. The molecule has 57 heavy (non-hydrogen) atoms. The first kappa shape index (κ1) is 46.1. The molecule has 9 heteroatoms. The van der Waals surface area contributed by atoms with Crippen molar-refractivity contribution in [1.29, 1.82) is 0 Å². The van der Waals surface area contributed by atoms with Gasteiger partial charge in [0.05, 0.1) is 18.8 Å². The Morgan fingerprint density at radius 2 is 1.26 bits per heavy atom. The summed E-state index contributed by atoms with van der Waals surface area (Å²) in [6.45, 7) is 8.11. The topological polar surface area (TPSA) is 120 Å². The van der Waals surface area contributed by atoms with Crippen LogP contribution < -0.4 is 10.8 Å². The van der Waals surface area contributed by atoms with Gasteiger partial charge in [0.25, 0.3) is 0 Å². The lowest BCUT2D eigenvalue weighted by atomic mass is 9.98. The predicted molar refractivity (Wildman–Crippen MR) is 228 cm³/mol. The fourth-order valence-electron chi connectivity index (χ4n) is 7.63. The summed E-state index contributed by atoms with van der Waals surface area (Å²) in [6.07, 6.45) is 18.4. The smallest absolute Gasteiger partial charge is 0.243 e. The zero-order chi connectivity index (χ0) is 40.5. The third kappa shape index (κ3) is 17.4. The van der Waals surface area contributed by atoms with E-state index in [4.69, 9.17) is 14.7 Å². The van der Waals surface area contributed by atoms with Gasteiger partial charge in [-0.2, -0.15) is 0 Å². The molecule has 1 aliphatic heterocycles. The van der Waals surface area contributed by atoms with E-state index in [1.54, 1.807) is 5.48 Å². The number of amides is 2. The molecule has 4 N–H and O–H groups in total. The number of benzene rings is 3. The third-order valence-electron chi connectivity index (χ3n) is 11.1. The van der Waals surface area contributed by atoms with Gasteiger partial charge in [0, 0.05) is 37.9 Å². The first-order chi connectivity index (χ1) is 27.9. The number of aliphatic hydroxyl groups excluding tert-OH is 1. The molecule has 0 spiro atoms. The summed E-state index contributed by atoms with van der Waals surface area (Å²) in [7, 11) is 0. The Morgan fingerprint density at radius 1 is 0.667 bits per heavy atom. The lowest BCUT2D eigenvalue weighted by Crippen LogP contribution is -2.40. The van der Waals surface area contributed by atoms with E-state index in [0.717, 1.165) is 65.9 Å². The van der Waals surface area contributed by atoms with Gasteiger partial charge >= 0.3 is 0 Å². The Kier molecular flexibility index (Phi) is 22.0. The number of carbonyl (C=O) groups is 2. The predicted octanol–water partition coefficient (Wildman–Crippen LogP) is 10.5. The molecule has 9 nitrogen and oxygen atoms in total. The number of hydrogen-bond acceptors (Lipinski definition) is 7. The van der Waals surface area contributed by atoms with Crippen molar-refractivity contribution in [3.05, 3.63) is 95.1 Å². The number of ether oxygens (including phenoxy) is 2. The average Bonchev–Trinajstić information content (AvgIpc) is 3.25. The van der Waals surface area contributed by atoms with Crippen LogP contribution in [-0.4, -0.2) is 52.8 Å². The monoisotopic (exact) mass is 786 g/mol. The number of nitrogens with zero attached hydrogens (tertiary/aromatic N) is 1. The summed E-state index contributed by atoms with van der Waals surface area (Å²) in [4.78, 5) is 26.3. The Hall–Kier alpha value is -3.60. The van der Waals surface area contributed by atoms with Crippen molar-refractivity contribution in [1.82, 2.24) is 15.7 Å². The van der Waals surface area contributed by atoms with Crippen molar-refractivity contribution >= 4 is 11.8 Å². The van der Waals surface area contributed by atoms with E-state index in [1.807, 2.05) is 24.3 Å². The largest absolute Gasteiger partial charge is 0.392 e. The summed E-state index contributed by atoms with van der Waals surface area (Å²) in [5, 5.41) is 21.3. The lowest BCUT2D eigenvalue weighted by molar-refractivity contribution is -0.253. The summed E-state index contributed by atoms with van der Waals surface area (Å²) in [6, 6.07) is 24.8. The number of rotatable bonds is 28. The van der Waals surface area contributed by atoms with Crippen LogP contribution in [0.4, 0.5) is 0 Å². The summed E-state index contributed by atoms with van der Waals surface area (Å²) < 4.78 is 13.5. The van der Waals surface area contributed by atoms with Crippen LogP contribution in [0.15, 0.2) is 72.8 Å². The highest BCUT2D eigenvalue weighted by Gasteiger charge is 2.33. The second-order valence-electron chi connectivity index (χ2n) is 15.9. The van der Waals surface area contributed by atoms with Crippen LogP contribution in [0.1, 0.15) is 164 Å². The highest BCUT2D eigenvalue weighted by Crippen LogP contribution is 2.39. The minimum Gasteiger partial charge on any atom is -0.392 e. The molecule has 0 aromatic heterocycles. The highest BCUT2D eigenvalue weighted by atomic mass is 16.7. The third-order valence-corrected chi connectivity index (χ3v) is 11.1. The molecule has 1 fully saturated rings. The maximum Gasteiger partial charge on any atom is 0.243 e. The van der Waals surface area contributed by atoms with Crippen LogP contribution in [0.25, 0.3) is 11.1 Å². The Bertz CT molecular complexity index is 1530. The number of carbonyl (C=O) groups excluding carboxylic acids is 2. The maximum atomic E-state index is 12.5. The molecule has 1 aliphatic rings. The van der Waals surface area contributed by atoms with Crippen LogP contribution in [0, 0.1) is 0 Å². The van der Waals surface area contributed by atoms with Gasteiger partial charge < -0.3 is 24.8 Å². The minimum absolute atomic E-state index is 0.0160. The van der Waals surface area contributed by atoms with Gasteiger partial charge in [-0.15, -0.1) is 0 Å². The SMILES string of the molecule is CCCCCCCCN(CCCCCCCC)C[C@@H]1C[C@H](c2ccc(CO)cc2)O[C@H](c2ccc(-c3cccc(CNC(=O)CCCCCC(=O)NO)c3)cc2)O1. The van der Waals surface area contributed by atoms with E-state index >= 15 is 0 Å². The van der Waals surface area contributed by atoms with Crippen LogP contribution >= 0.6 is 0 Å². The van der Waals surface area contributed by atoms with E-state index in [2.05, 4.69) is 72.6 Å². The van der Waals surface area contributed by atoms with Crippen LogP contribution in [0.3, 0.4) is 0 Å². The van der Waals surface area contributed by atoms with Gasteiger partial charge in [-0.1, -0.05) is 151 Å². The molecule has 1 heterocycles. The lowest BCUT2D eigenvalue weighted by Gasteiger charge is -2.38. The molecule has 4 rings (SSSR count). The van der Waals surface area contributed by atoms with Gasteiger partial charge in [0.1, 0.15) is 0 Å². The molecule has 3 aromatic rings. The van der Waals surface area contributed by atoms with Gasteiger partial charge in [-0.25, -0.2) is 5.48 Å². The standard InChI is InChI=1S/C48H71N3O6/c1-3-5-7-9-11-16-31-51(32-17-12-10-8-6-4-2)36-44-34-45(41-25-23-38(37-52)24-26-41)57-48(56-44)42-29-27-40(28-30-42)43-20-18-19-39(33-43)35-49-46(53)21-14-13-15-22-47(54)50-55/h18-20,23-30,33,44-45,48,52,55H,3-17,21-22,31-32,34-37H2,1-2H3,(H,49,53)(H,50,54)/t44-,45+,48+/m0/s1. The highest BCUT2D eigenvalue weighted by molar-refractivity contribution is 5.76. The molecule has 0 bridgehead atoms. The van der Waals surface area contributed by atoms with Crippen molar-refractivity contribution in [2.24, 2.45) is 0 Å². The minimum atomic E-state index is -0.501. The first-order valence-electron chi connectivity index (χ1n) is 22.0. The normalized spacial score (nSPS) is 16.8. The number of hydrogen-bond donors (Lipinski definition) is 4. The van der Waals surface area contributed by atoms with Crippen molar-refractivity contribution < 1.29 is 29.4 Å². The van der Waals surface area contributed by atoms with Crippen molar-refractivity contribution in [2.75, 3.05) is 19.6 Å². The molecule has 3 atom stereocenters. The summed E-state index contributed by atoms with van der Waals surface area (Å²) in [5.41, 5.74) is 7.79. The second-order valence-corrected chi connectivity index (χ2v) is 15.9. The Balaban J connectivity index is 1.40. The molecule has 2 amide bonds. The van der Waals surface area contributed by atoms with Crippen molar-refractivity contribution in [2.45, 2.75) is 161 Å². The maximum absolute atomic E-state index is 12.5. The number of aliphatic hydroxyl groups is 1. The van der Waals surface area contributed by atoms with Crippen molar-refractivity contribution in [3.8, 4) is 11.1 Å². The quantitative estimate of drug-likeness (QED) is 0.0329. The Labute approximate surface area is 342 Å². The van der Waals surface area contributed by atoms with Gasteiger partial charge in [-0.05, 0) is 72.7 Å². The van der Waals surface area contributed by atoms with Crippen LogP contribution in [0.5, 0.6) is 0 Å². The molecule has 0 aliphatic carbocycles. The van der Waals surface area contributed by atoms with Crippen molar-refractivity contribution in [3.63, 3.8) is 0 Å². The molecule has 0 saturated carbocycles. The summed E-state index contributed by atoms with van der Waals surface area (Å²) >= 11 is 0. The fraction of sp³-hybridized carbons (Fsp3) is 0.583. The van der Waals surface area contributed by atoms with E-state index in [0.29, 0.717) is 25.8 Å². The molecule has 0 radical (unpaired) electrons. The zero-order valence-corrected chi connectivity index (χ0v) is 34.9. The average molecular weight is 786 g/mol. The van der Waals surface area contributed by atoms with Gasteiger partial charge in [0.15, 0.2) is 6.29 Å². The molecule has 0 unspecified atom stereocenters. The molecule has 3 aromatic carbocycles.